The quantitative estimate of drug-likeness (QED) is 0.385. The van der Waals surface area contributed by atoms with Gasteiger partial charge in [-0.1, -0.05) is 52.5 Å². The van der Waals surface area contributed by atoms with E-state index >= 15 is 0 Å². The molecule has 2 rings (SSSR count). The van der Waals surface area contributed by atoms with Crippen LogP contribution in [0.3, 0.4) is 0 Å². The van der Waals surface area contributed by atoms with Crippen LogP contribution in [-0.4, -0.2) is 5.97 Å². The molecular weight excluding hydrogens is 354 g/mol. The standard InChI is InChI=1S/C15H8Cl4O2/c16-10-3-1-9(13(19)7-10)2-6-15(20)21-14-8-11(17)4-5-12(14)18/h1-8H/b6-2+. The average molecular weight is 362 g/mol. The Bertz CT molecular complexity index is 711. The van der Waals surface area contributed by atoms with Crippen molar-refractivity contribution in [1.29, 1.82) is 0 Å². The van der Waals surface area contributed by atoms with Crippen LogP contribution in [0.2, 0.25) is 20.1 Å². The molecule has 0 N–H and O–H groups in total. The van der Waals surface area contributed by atoms with Gasteiger partial charge in [0.1, 0.15) is 0 Å². The van der Waals surface area contributed by atoms with Gasteiger partial charge in [-0.25, -0.2) is 4.79 Å². The van der Waals surface area contributed by atoms with Crippen molar-refractivity contribution < 1.29 is 9.53 Å². The molecule has 0 atom stereocenters. The van der Waals surface area contributed by atoms with Crippen LogP contribution in [0.1, 0.15) is 5.56 Å². The molecule has 0 aliphatic carbocycles. The number of hydrogen-bond donors (Lipinski definition) is 0. The van der Waals surface area contributed by atoms with Gasteiger partial charge in [-0.2, -0.15) is 0 Å². The Kier molecular flexibility index (Phi) is 5.54. The zero-order chi connectivity index (χ0) is 15.4. The van der Waals surface area contributed by atoms with Gasteiger partial charge in [0, 0.05) is 27.2 Å². The van der Waals surface area contributed by atoms with E-state index in [0.29, 0.717) is 25.7 Å². The minimum absolute atomic E-state index is 0.195. The van der Waals surface area contributed by atoms with Crippen molar-refractivity contribution in [3.63, 3.8) is 0 Å². The van der Waals surface area contributed by atoms with Gasteiger partial charge < -0.3 is 4.74 Å². The molecule has 21 heavy (non-hydrogen) atoms. The van der Waals surface area contributed by atoms with Crippen molar-refractivity contribution >= 4 is 58.4 Å². The smallest absolute Gasteiger partial charge is 0.336 e. The minimum Gasteiger partial charge on any atom is -0.422 e. The molecule has 0 saturated heterocycles. The van der Waals surface area contributed by atoms with E-state index in [4.69, 9.17) is 51.1 Å². The Morgan fingerprint density at radius 3 is 2.29 bits per heavy atom. The fourth-order valence-corrected chi connectivity index (χ4v) is 2.28. The van der Waals surface area contributed by atoms with Gasteiger partial charge in [0.2, 0.25) is 0 Å². The maximum atomic E-state index is 11.7. The van der Waals surface area contributed by atoms with Crippen molar-refractivity contribution in [2.75, 3.05) is 0 Å². The summed E-state index contributed by atoms with van der Waals surface area (Å²) in [5.41, 5.74) is 0.648. The van der Waals surface area contributed by atoms with E-state index in [-0.39, 0.29) is 5.75 Å². The summed E-state index contributed by atoms with van der Waals surface area (Å²) in [5.74, 6) is -0.397. The summed E-state index contributed by atoms with van der Waals surface area (Å²) < 4.78 is 5.10. The van der Waals surface area contributed by atoms with Crippen molar-refractivity contribution in [1.82, 2.24) is 0 Å². The van der Waals surface area contributed by atoms with Crippen LogP contribution in [-0.2, 0) is 4.79 Å². The number of carbonyl (C=O) groups is 1. The number of ether oxygens (including phenoxy) is 1. The van der Waals surface area contributed by atoms with E-state index in [1.807, 2.05) is 0 Å². The number of esters is 1. The predicted octanol–water partition coefficient (Wildman–Crippen LogP) is 5.92. The molecule has 0 aromatic heterocycles. The van der Waals surface area contributed by atoms with E-state index in [2.05, 4.69) is 0 Å². The number of rotatable bonds is 3. The Labute approximate surface area is 141 Å². The SMILES string of the molecule is O=C(/C=C/c1ccc(Cl)cc1Cl)Oc1cc(Cl)ccc1Cl. The lowest BCUT2D eigenvalue weighted by atomic mass is 10.2. The fraction of sp³-hybridized carbons (Fsp3) is 0. The molecule has 2 nitrogen and oxygen atoms in total. The first-order valence-corrected chi connectivity index (χ1v) is 7.27. The maximum Gasteiger partial charge on any atom is 0.336 e. The third-order valence-corrected chi connectivity index (χ3v) is 3.58. The van der Waals surface area contributed by atoms with Crippen LogP contribution in [0, 0.1) is 0 Å². The van der Waals surface area contributed by atoms with Gasteiger partial charge in [-0.05, 0) is 35.9 Å². The van der Waals surface area contributed by atoms with E-state index in [1.54, 1.807) is 30.3 Å². The molecule has 2 aromatic rings. The Balaban J connectivity index is 2.11. The summed E-state index contributed by atoms with van der Waals surface area (Å²) >= 11 is 23.5. The van der Waals surface area contributed by atoms with Crippen LogP contribution < -0.4 is 4.74 Å². The van der Waals surface area contributed by atoms with Crippen molar-refractivity contribution in [2.45, 2.75) is 0 Å². The molecule has 0 radical (unpaired) electrons. The van der Waals surface area contributed by atoms with Gasteiger partial charge in [-0.15, -0.1) is 0 Å². The summed E-state index contributed by atoms with van der Waals surface area (Å²) in [6, 6.07) is 9.57. The molecule has 0 aliphatic heterocycles. The molecule has 0 fully saturated rings. The molecule has 0 aliphatic rings. The summed E-state index contributed by atoms with van der Waals surface area (Å²) in [7, 11) is 0. The molecule has 0 heterocycles. The third kappa shape index (κ3) is 4.65. The van der Waals surface area contributed by atoms with Crippen LogP contribution in [0.25, 0.3) is 6.08 Å². The highest BCUT2D eigenvalue weighted by Gasteiger charge is 2.07. The Morgan fingerprint density at radius 2 is 1.57 bits per heavy atom. The summed E-state index contributed by atoms with van der Waals surface area (Å²) in [6.45, 7) is 0. The summed E-state index contributed by atoms with van der Waals surface area (Å²) in [5, 5.41) is 1.68. The first kappa shape index (κ1) is 16.2. The van der Waals surface area contributed by atoms with Crippen molar-refractivity contribution in [3.8, 4) is 5.75 Å². The highest BCUT2D eigenvalue weighted by molar-refractivity contribution is 6.35. The highest BCUT2D eigenvalue weighted by Crippen LogP contribution is 2.28. The molecule has 0 bridgehead atoms. The normalized spacial score (nSPS) is 10.9. The largest absolute Gasteiger partial charge is 0.422 e. The zero-order valence-corrected chi connectivity index (χ0v) is 13.5. The molecule has 0 unspecified atom stereocenters. The lowest BCUT2D eigenvalue weighted by molar-refractivity contribution is -0.128. The van der Waals surface area contributed by atoms with E-state index in [9.17, 15) is 4.79 Å². The minimum atomic E-state index is -0.592. The molecule has 0 spiro atoms. The topological polar surface area (TPSA) is 26.3 Å². The zero-order valence-electron chi connectivity index (χ0n) is 10.4. The number of carbonyl (C=O) groups excluding carboxylic acids is 1. The van der Waals surface area contributed by atoms with Gasteiger partial charge >= 0.3 is 5.97 Å². The maximum absolute atomic E-state index is 11.7. The first-order chi connectivity index (χ1) is 9.95. The van der Waals surface area contributed by atoms with Gasteiger partial charge in [0.25, 0.3) is 0 Å². The fourth-order valence-electron chi connectivity index (χ4n) is 1.49. The van der Waals surface area contributed by atoms with Crippen molar-refractivity contribution in [3.05, 3.63) is 68.1 Å². The predicted molar refractivity (Wildman–Crippen MR) is 87.6 cm³/mol. The van der Waals surface area contributed by atoms with Crippen molar-refractivity contribution in [2.24, 2.45) is 0 Å². The number of hydrogen-bond acceptors (Lipinski definition) is 2. The lowest BCUT2D eigenvalue weighted by Crippen LogP contribution is -2.04. The average Bonchev–Trinajstić information content (AvgIpc) is 2.42. The molecule has 6 heteroatoms. The summed E-state index contributed by atoms with van der Waals surface area (Å²) in [6.07, 6.45) is 2.77. The van der Waals surface area contributed by atoms with E-state index in [0.717, 1.165) is 0 Å². The second-order valence-electron chi connectivity index (χ2n) is 4.00. The van der Waals surface area contributed by atoms with Gasteiger partial charge in [0.15, 0.2) is 5.75 Å². The first-order valence-electron chi connectivity index (χ1n) is 5.76. The number of halogens is 4. The Morgan fingerprint density at radius 1 is 0.905 bits per heavy atom. The molecule has 0 amide bonds. The lowest BCUT2D eigenvalue weighted by Gasteiger charge is -2.04. The van der Waals surface area contributed by atoms with Crippen LogP contribution in [0.5, 0.6) is 5.75 Å². The third-order valence-electron chi connectivity index (χ3n) is 2.47. The van der Waals surface area contributed by atoms with Crippen LogP contribution in [0.4, 0.5) is 0 Å². The second-order valence-corrected chi connectivity index (χ2v) is 5.68. The molecule has 2 aromatic carbocycles. The van der Waals surface area contributed by atoms with E-state index in [1.165, 1.54) is 18.2 Å². The molecule has 108 valence electrons. The van der Waals surface area contributed by atoms with Crippen LogP contribution >= 0.6 is 46.4 Å². The van der Waals surface area contributed by atoms with Gasteiger partial charge in [-0.3, -0.25) is 0 Å². The monoisotopic (exact) mass is 360 g/mol. The Hall–Kier alpha value is -1.19. The van der Waals surface area contributed by atoms with Crippen LogP contribution in [0.15, 0.2) is 42.5 Å². The number of benzene rings is 2. The van der Waals surface area contributed by atoms with E-state index < -0.39 is 5.97 Å². The van der Waals surface area contributed by atoms with Gasteiger partial charge in [0.05, 0.1) is 5.02 Å². The summed E-state index contributed by atoms with van der Waals surface area (Å²) in [4.78, 5) is 11.7. The molecule has 0 saturated carbocycles. The molecular formula is C15H8Cl4O2. The second kappa shape index (κ2) is 7.19. The highest BCUT2D eigenvalue weighted by atomic mass is 35.5.